The minimum atomic E-state index is -0.737. The first kappa shape index (κ1) is 8.63. The van der Waals surface area contributed by atoms with Crippen LogP contribution in [-0.4, -0.2) is 19.9 Å². The Hall–Kier alpha value is -1.96. The van der Waals surface area contributed by atoms with Gasteiger partial charge in [-0.25, -0.2) is 4.79 Å². The highest BCUT2D eigenvalue weighted by molar-refractivity contribution is 7.71. The maximum absolute atomic E-state index is 11.2. The second-order valence-corrected chi connectivity index (χ2v) is 2.97. The van der Waals surface area contributed by atoms with Gasteiger partial charge in [0.05, 0.1) is 0 Å². The molecule has 8 heteroatoms. The lowest BCUT2D eigenvalue weighted by atomic mass is 10.4. The van der Waals surface area contributed by atoms with Crippen molar-refractivity contribution in [3.8, 4) is 0 Å². The van der Waals surface area contributed by atoms with Gasteiger partial charge in [-0.15, -0.1) is 0 Å². The summed E-state index contributed by atoms with van der Waals surface area (Å²) in [7, 11) is 0. The van der Waals surface area contributed by atoms with E-state index in [1.807, 2.05) is 4.98 Å². The Balaban J connectivity index is 3.27. The molecule has 72 valence electrons. The topological polar surface area (TPSA) is 114 Å². The maximum Gasteiger partial charge on any atom is 0.326 e. The van der Waals surface area contributed by atoms with Gasteiger partial charge in [-0.05, 0) is 12.2 Å². The summed E-state index contributed by atoms with van der Waals surface area (Å²) in [5, 5.41) is 0. The van der Waals surface area contributed by atoms with Gasteiger partial charge in [0, 0.05) is 0 Å². The number of aromatic amines is 4. The first-order valence-corrected chi connectivity index (χ1v) is 3.97. The number of fused-ring (bicyclic) bond motifs is 1. The Bertz CT molecular complexity index is 655. The fourth-order valence-corrected chi connectivity index (χ4v) is 1.28. The van der Waals surface area contributed by atoms with Crippen LogP contribution >= 0.6 is 12.2 Å². The average Bonchev–Trinajstić information content (AvgIpc) is 2.07. The number of hydrogen-bond donors (Lipinski definition) is 4. The fraction of sp³-hybridized carbons (Fsp3) is 0. The van der Waals surface area contributed by atoms with Gasteiger partial charge in [0.2, 0.25) is 0 Å². The van der Waals surface area contributed by atoms with E-state index >= 15 is 0 Å². The molecule has 0 fully saturated rings. The van der Waals surface area contributed by atoms with Gasteiger partial charge in [0.15, 0.2) is 4.77 Å². The van der Waals surface area contributed by atoms with Crippen LogP contribution < -0.4 is 16.8 Å². The van der Waals surface area contributed by atoms with Gasteiger partial charge in [0.25, 0.3) is 11.1 Å². The van der Waals surface area contributed by atoms with Crippen LogP contribution in [0.2, 0.25) is 0 Å². The average molecular weight is 212 g/mol. The molecule has 0 aromatic carbocycles. The van der Waals surface area contributed by atoms with Gasteiger partial charge in [0.1, 0.15) is 11.0 Å². The molecule has 0 aliphatic heterocycles. The molecule has 0 aliphatic rings. The van der Waals surface area contributed by atoms with E-state index in [0.29, 0.717) is 0 Å². The number of hydrogen-bond acceptors (Lipinski definition) is 4. The van der Waals surface area contributed by atoms with E-state index in [4.69, 9.17) is 0 Å². The van der Waals surface area contributed by atoms with E-state index in [1.165, 1.54) is 0 Å². The molecule has 0 unspecified atom stereocenters. The van der Waals surface area contributed by atoms with Crippen molar-refractivity contribution in [2.24, 2.45) is 0 Å². The lowest BCUT2D eigenvalue weighted by Gasteiger charge is -1.93. The molecule has 2 heterocycles. The second-order valence-electron chi connectivity index (χ2n) is 2.57. The van der Waals surface area contributed by atoms with Crippen LogP contribution in [0.1, 0.15) is 0 Å². The van der Waals surface area contributed by atoms with E-state index in [9.17, 15) is 14.4 Å². The summed E-state index contributed by atoms with van der Waals surface area (Å²) in [5.41, 5.74) is -2.18. The highest BCUT2D eigenvalue weighted by Gasteiger charge is 2.03. The fourth-order valence-electron chi connectivity index (χ4n) is 1.09. The maximum atomic E-state index is 11.2. The minimum Gasteiger partial charge on any atom is -0.326 e. The highest BCUT2D eigenvalue weighted by atomic mass is 32.1. The van der Waals surface area contributed by atoms with Crippen LogP contribution in [-0.2, 0) is 0 Å². The van der Waals surface area contributed by atoms with Gasteiger partial charge in [-0.1, -0.05) is 0 Å². The Morgan fingerprint density at radius 3 is 2.07 bits per heavy atom. The standard InChI is InChI=1S/C6H4N4O3S/c11-3-2-1(7-5(13)9-3)4(12)10-6(14)8-2/h(H2,7,9,11,13)(H2,8,10,12,14). The molecule has 0 bridgehead atoms. The largest absolute Gasteiger partial charge is 0.326 e. The number of aromatic nitrogens is 4. The zero-order chi connectivity index (χ0) is 10.3. The monoisotopic (exact) mass is 212 g/mol. The summed E-state index contributed by atoms with van der Waals surface area (Å²) in [6.45, 7) is 0. The molecule has 0 amide bonds. The van der Waals surface area contributed by atoms with Crippen molar-refractivity contribution in [2.75, 3.05) is 0 Å². The molecule has 0 radical (unpaired) electrons. The second kappa shape index (κ2) is 2.77. The first-order chi connectivity index (χ1) is 6.58. The number of H-pyrrole nitrogens is 4. The molecule has 7 nitrogen and oxygen atoms in total. The van der Waals surface area contributed by atoms with Crippen LogP contribution in [0.15, 0.2) is 14.4 Å². The van der Waals surface area contributed by atoms with E-state index < -0.39 is 16.8 Å². The van der Waals surface area contributed by atoms with Gasteiger partial charge < -0.3 is 9.97 Å². The predicted octanol–water partition coefficient (Wildman–Crippen LogP) is -1.04. The lowest BCUT2D eigenvalue weighted by molar-refractivity contribution is 1.03. The van der Waals surface area contributed by atoms with Crippen molar-refractivity contribution in [1.82, 2.24) is 19.9 Å². The smallest absolute Gasteiger partial charge is 0.326 e. The van der Waals surface area contributed by atoms with Crippen LogP contribution in [0.3, 0.4) is 0 Å². The Morgan fingerprint density at radius 1 is 0.786 bits per heavy atom. The Kier molecular flexibility index (Phi) is 1.71. The van der Waals surface area contributed by atoms with Gasteiger partial charge in [-0.3, -0.25) is 19.6 Å². The minimum absolute atomic E-state index is 0.0278. The summed E-state index contributed by atoms with van der Waals surface area (Å²) >= 11 is 4.66. The molecule has 0 spiro atoms. The number of rotatable bonds is 0. The summed E-state index contributed by atoms with van der Waals surface area (Å²) in [4.78, 5) is 42.2. The molecule has 2 aromatic rings. The normalized spacial score (nSPS) is 10.6. The number of nitrogens with one attached hydrogen (secondary N) is 4. The van der Waals surface area contributed by atoms with Crippen molar-refractivity contribution < 1.29 is 0 Å². The summed E-state index contributed by atoms with van der Waals surface area (Å²) in [6, 6.07) is 0. The quantitative estimate of drug-likeness (QED) is 0.417. The van der Waals surface area contributed by atoms with E-state index in [1.54, 1.807) is 0 Å². The zero-order valence-electron chi connectivity index (χ0n) is 6.63. The summed E-state index contributed by atoms with van der Waals surface area (Å²) in [6.07, 6.45) is 0. The molecule has 2 aromatic heterocycles. The van der Waals surface area contributed by atoms with E-state index in [-0.39, 0.29) is 15.8 Å². The Morgan fingerprint density at radius 2 is 1.36 bits per heavy atom. The molecule has 0 saturated carbocycles. The molecular formula is C6H4N4O3S. The Labute approximate surface area is 79.8 Å². The molecule has 4 N–H and O–H groups in total. The van der Waals surface area contributed by atoms with Crippen LogP contribution in [0, 0.1) is 4.77 Å². The third-order valence-electron chi connectivity index (χ3n) is 1.64. The van der Waals surface area contributed by atoms with E-state index in [0.717, 1.165) is 0 Å². The molecular weight excluding hydrogens is 208 g/mol. The third-order valence-corrected chi connectivity index (χ3v) is 1.84. The summed E-state index contributed by atoms with van der Waals surface area (Å²) in [5.74, 6) is 0. The van der Waals surface area contributed by atoms with E-state index in [2.05, 4.69) is 27.2 Å². The third kappa shape index (κ3) is 1.21. The molecule has 2 rings (SSSR count). The van der Waals surface area contributed by atoms with Crippen molar-refractivity contribution in [1.29, 1.82) is 0 Å². The van der Waals surface area contributed by atoms with Crippen molar-refractivity contribution in [2.45, 2.75) is 0 Å². The van der Waals surface area contributed by atoms with Crippen LogP contribution in [0.4, 0.5) is 0 Å². The van der Waals surface area contributed by atoms with Crippen LogP contribution in [0.25, 0.3) is 11.0 Å². The molecule has 0 aliphatic carbocycles. The van der Waals surface area contributed by atoms with Crippen molar-refractivity contribution in [3.63, 3.8) is 0 Å². The summed E-state index contributed by atoms with van der Waals surface area (Å²) < 4.78 is 0.0278. The van der Waals surface area contributed by atoms with Crippen molar-refractivity contribution in [3.05, 3.63) is 36.0 Å². The SMILES string of the molecule is O=c1[nH]c(=O)c2[nH]c(=S)[nH]c(=O)c2[nH]1. The molecule has 0 atom stereocenters. The van der Waals surface area contributed by atoms with Crippen LogP contribution in [0.5, 0.6) is 0 Å². The first-order valence-electron chi connectivity index (χ1n) is 3.57. The molecule has 0 saturated heterocycles. The highest BCUT2D eigenvalue weighted by Crippen LogP contribution is 1.90. The van der Waals surface area contributed by atoms with Gasteiger partial charge in [-0.2, -0.15) is 0 Å². The van der Waals surface area contributed by atoms with Gasteiger partial charge >= 0.3 is 5.69 Å². The zero-order valence-corrected chi connectivity index (χ0v) is 7.45. The lowest BCUT2D eigenvalue weighted by Crippen LogP contribution is -2.26. The molecule has 14 heavy (non-hydrogen) atoms. The predicted molar refractivity (Wildman–Crippen MR) is 51.0 cm³/mol. The van der Waals surface area contributed by atoms with Crippen molar-refractivity contribution >= 4 is 23.3 Å².